The number of benzene rings is 1. The normalized spacial score (nSPS) is 18.2. The molecular formula is C18H26N4O. The number of ether oxygens (including phenoxy) is 1. The number of methoxy groups -OCH3 is 1. The Hall–Kier alpha value is -1.72. The van der Waals surface area contributed by atoms with Gasteiger partial charge in [0.15, 0.2) is 0 Å². The minimum Gasteiger partial charge on any atom is -0.375 e. The van der Waals surface area contributed by atoms with E-state index in [0.717, 1.165) is 23.7 Å². The second-order valence-corrected chi connectivity index (χ2v) is 6.53. The lowest BCUT2D eigenvalue weighted by atomic mass is 9.99. The van der Waals surface area contributed by atoms with Crippen LogP contribution < -0.4 is 0 Å². The first-order chi connectivity index (χ1) is 11.2. The minimum atomic E-state index is 0.00147. The molecule has 0 bridgehead atoms. The van der Waals surface area contributed by atoms with Crippen LogP contribution in [0.4, 0.5) is 0 Å². The quantitative estimate of drug-likeness (QED) is 0.822. The first-order valence-corrected chi connectivity index (χ1v) is 8.43. The number of piperidine rings is 1. The monoisotopic (exact) mass is 314 g/mol. The molecule has 5 nitrogen and oxygen atoms in total. The third-order valence-electron chi connectivity index (χ3n) is 4.66. The van der Waals surface area contributed by atoms with Crippen LogP contribution in [0.15, 0.2) is 36.5 Å². The van der Waals surface area contributed by atoms with E-state index in [1.165, 1.54) is 25.9 Å². The van der Waals surface area contributed by atoms with E-state index in [0.29, 0.717) is 6.54 Å². The smallest absolute Gasteiger partial charge is 0.102 e. The minimum absolute atomic E-state index is 0.00147. The second kappa shape index (κ2) is 7.70. The van der Waals surface area contributed by atoms with Gasteiger partial charge in [-0.05, 0) is 37.4 Å². The third kappa shape index (κ3) is 4.39. The molecule has 1 aromatic carbocycles. The highest BCUT2D eigenvalue weighted by molar-refractivity contribution is 5.17. The number of rotatable bonds is 6. The van der Waals surface area contributed by atoms with Crippen molar-refractivity contribution in [1.82, 2.24) is 19.9 Å². The fourth-order valence-electron chi connectivity index (χ4n) is 3.10. The van der Waals surface area contributed by atoms with E-state index in [4.69, 9.17) is 4.74 Å². The van der Waals surface area contributed by atoms with Crippen LogP contribution in [-0.2, 0) is 17.8 Å². The van der Waals surface area contributed by atoms with E-state index >= 15 is 0 Å². The van der Waals surface area contributed by atoms with Crippen LogP contribution >= 0.6 is 0 Å². The van der Waals surface area contributed by atoms with E-state index in [2.05, 4.69) is 34.3 Å². The van der Waals surface area contributed by atoms with Gasteiger partial charge in [0.1, 0.15) is 6.10 Å². The summed E-state index contributed by atoms with van der Waals surface area (Å²) in [5, 5.41) is 8.60. The van der Waals surface area contributed by atoms with Gasteiger partial charge in [-0.1, -0.05) is 42.5 Å². The van der Waals surface area contributed by atoms with Crippen molar-refractivity contribution in [1.29, 1.82) is 0 Å². The van der Waals surface area contributed by atoms with Crippen molar-refractivity contribution in [3.8, 4) is 0 Å². The maximum absolute atomic E-state index is 5.61. The molecule has 2 aromatic rings. The average Bonchev–Trinajstić information content (AvgIpc) is 3.03. The van der Waals surface area contributed by atoms with Crippen molar-refractivity contribution >= 4 is 0 Å². The Morgan fingerprint density at radius 3 is 2.65 bits per heavy atom. The molecular weight excluding hydrogens is 288 g/mol. The zero-order valence-electron chi connectivity index (χ0n) is 14.1. The van der Waals surface area contributed by atoms with Gasteiger partial charge in [0.2, 0.25) is 0 Å². The van der Waals surface area contributed by atoms with Crippen LogP contribution in [-0.4, -0.2) is 40.1 Å². The van der Waals surface area contributed by atoms with Crippen molar-refractivity contribution in [3.05, 3.63) is 47.8 Å². The molecule has 1 unspecified atom stereocenters. The van der Waals surface area contributed by atoms with Crippen LogP contribution in [0, 0.1) is 5.92 Å². The van der Waals surface area contributed by atoms with Crippen molar-refractivity contribution in [2.45, 2.75) is 39.0 Å². The maximum atomic E-state index is 5.61. The third-order valence-corrected chi connectivity index (χ3v) is 4.66. The van der Waals surface area contributed by atoms with E-state index in [9.17, 15) is 0 Å². The average molecular weight is 314 g/mol. The van der Waals surface area contributed by atoms with Gasteiger partial charge >= 0.3 is 0 Å². The Morgan fingerprint density at radius 2 is 1.96 bits per heavy atom. The molecule has 1 aromatic heterocycles. The summed E-state index contributed by atoms with van der Waals surface area (Å²) < 4.78 is 7.50. The Kier molecular flexibility index (Phi) is 5.41. The number of hydrogen-bond acceptors (Lipinski definition) is 4. The van der Waals surface area contributed by atoms with Crippen LogP contribution in [0.2, 0.25) is 0 Å². The van der Waals surface area contributed by atoms with Gasteiger partial charge in [0.05, 0.1) is 12.2 Å². The Morgan fingerprint density at radius 1 is 1.22 bits per heavy atom. The summed E-state index contributed by atoms with van der Waals surface area (Å²) in [4.78, 5) is 2.47. The van der Waals surface area contributed by atoms with Gasteiger partial charge in [-0.3, -0.25) is 4.90 Å². The van der Waals surface area contributed by atoms with E-state index in [1.54, 1.807) is 7.11 Å². The summed E-state index contributed by atoms with van der Waals surface area (Å²) in [5.74, 6) is 0.857. The van der Waals surface area contributed by atoms with Crippen molar-refractivity contribution in [3.63, 3.8) is 0 Å². The second-order valence-electron chi connectivity index (χ2n) is 6.53. The zero-order valence-corrected chi connectivity index (χ0v) is 14.1. The van der Waals surface area contributed by atoms with Gasteiger partial charge in [-0.2, -0.15) is 0 Å². The summed E-state index contributed by atoms with van der Waals surface area (Å²) in [7, 11) is 1.74. The molecule has 0 amide bonds. The summed E-state index contributed by atoms with van der Waals surface area (Å²) in [5.41, 5.74) is 2.21. The van der Waals surface area contributed by atoms with Crippen LogP contribution in [0.3, 0.4) is 0 Å². The highest BCUT2D eigenvalue weighted by Crippen LogP contribution is 2.19. The standard InChI is InChI=1S/C18H26N4O/c1-15-8-10-21(11-9-15)12-17-13-22(20-19-17)14-18(23-2)16-6-4-3-5-7-16/h3-7,13,15,18H,8-12,14H2,1-2H3. The van der Waals surface area contributed by atoms with Gasteiger partial charge in [0, 0.05) is 19.9 Å². The molecule has 1 saturated heterocycles. The molecule has 1 atom stereocenters. The first kappa shape index (κ1) is 16.1. The van der Waals surface area contributed by atoms with E-state index in [1.807, 2.05) is 29.1 Å². The molecule has 0 N–H and O–H groups in total. The number of hydrogen-bond donors (Lipinski definition) is 0. The summed E-state index contributed by atoms with van der Waals surface area (Å²) in [6, 6.07) is 10.3. The van der Waals surface area contributed by atoms with Crippen LogP contribution in [0.1, 0.15) is 37.1 Å². The SMILES string of the molecule is COC(Cn1cc(CN2CCC(C)CC2)nn1)c1ccccc1. The summed E-state index contributed by atoms with van der Waals surface area (Å²) in [6.07, 6.45) is 4.62. The molecule has 23 heavy (non-hydrogen) atoms. The molecule has 0 saturated carbocycles. The predicted octanol–water partition coefficient (Wildman–Crippen LogP) is 2.90. The van der Waals surface area contributed by atoms with E-state index in [-0.39, 0.29) is 6.10 Å². The summed E-state index contributed by atoms with van der Waals surface area (Å²) in [6.45, 7) is 6.25. The number of likely N-dealkylation sites (tertiary alicyclic amines) is 1. The molecule has 0 spiro atoms. The van der Waals surface area contributed by atoms with Gasteiger partial charge in [-0.25, -0.2) is 4.68 Å². The first-order valence-electron chi connectivity index (χ1n) is 8.43. The highest BCUT2D eigenvalue weighted by Gasteiger charge is 2.17. The molecule has 1 aliphatic heterocycles. The van der Waals surface area contributed by atoms with Gasteiger partial charge in [0.25, 0.3) is 0 Å². The Bertz CT molecular complexity index is 590. The lowest BCUT2D eigenvalue weighted by molar-refractivity contribution is 0.0841. The lowest BCUT2D eigenvalue weighted by Crippen LogP contribution is -2.32. The van der Waals surface area contributed by atoms with Crippen molar-refractivity contribution in [2.24, 2.45) is 5.92 Å². The lowest BCUT2D eigenvalue weighted by Gasteiger charge is -2.29. The molecule has 5 heteroatoms. The van der Waals surface area contributed by atoms with Gasteiger partial charge in [-0.15, -0.1) is 5.10 Å². The molecule has 1 aliphatic rings. The van der Waals surface area contributed by atoms with Crippen LogP contribution in [0.5, 0.6) is 0 Å². The fourth-order valence-corrected chi connectivity index (χ4v) is 3.10. The molecule has 124 valence electrons. The molecule has 0 radical (unpaired) electrons. The maximum Gasteiger partial charge on any atom is 0.102 e. The highest BCUT2D eigenvalue weighted by atomic mass is 16.5. The fraction of sp³-hybridized carbons (Fsp3) is 0.556. The molecule has 3 rings (SSSR count). The van der Waals surface area contributed by atoms with Crippen LogP contribution in [0.25, 0.3) is 0 Å². The zero-order chi connectivity index (χ0) is 16.1. The molecule has 1 fully saturated rings. The Labute approximate surface area is 138 Å². The largest absolute Gasteiger partial charge is 0.375 e. The molecule has 0 aliphatic carbocycles. The number of aromatic nitrogens is 3. The Balaban J connectivity index is 1.58. The topological polar surface area (TPSA) is 43.2 Å². The van der Waals surface area contributed by atoms with E-state index < -0.39 is 0 Å². The van der Waals surface area contributed by atoms with Crippen molar-refractivity contribution < 1.29 is 4.74 Å². The summed E-state index contributed by atoms with van der Waals surface area (Å²) >= 11 is 0. The van der Waals surface area contributed by atoms with Gasteiger partial charge < -0.3 is 4.74 Å². The molecule has 2 heterocycles. The number of nitrogens with zero attached hydrogens (tertiary/aromatic N) is 4. The predicted molar refractivity (Wildman–Crippen MR) is 89.9 cm³/mol. The van der Waals surface area contributed by atoms with Crippen molar-refractivity contribution in [2.75, 3.05) is 20.2 Å².